The molecule has 6 nitrogen and oxygen atoms in total. The van der Waals surface area contributed by atoms with Crippen LogP contribution in [0.2, 0.25) is 0 Å². The highest BCUT2D eigenvalue weighted by Gasteiger charge is 2.26. The quantitative estimate of drug-likeness (QED) is 0.686. The molecule has 0 radical (unpaired) electrons. The molecule has 0 bridgehead atoms. The molecule has 6 heteroatoms. The molecule has 0 aromatic carbocycles. The third-order valence-corrected chi connectivity index (χ3v) is 3.18. The maximum Gasteiger partial charge on any atom is 0.197 e. The molecule has 2 aromatic rings. The molecule has 2 heterocycles. The van der Waals surface area contributed by atoms with Gasteiger partial charge in [0, 0.05) is 5.56 Å². The number of anilines is 2. The van der Waals surface area contributed by atoms with Crippen LogP contribution in [0, 0.1) is 0 Å². The number of aliphatic hydroxyl groups is 2. The van der Waals surface area contributed by atoms with E-state index in [1.54, 1.807) is 45.9 Å². The van der Waals surface area contributed by atoms with Gasteiger partial charge in [-0.2, -0.15) is 0 Å². The van der Waals surface area contributed by atoms with Crippen LogP contribution in [0.4, 0.5) is 11.6 Å². The molecule has 0 aliphatic carbocycles. The average Bonchev–Trinajstić information content (AvgIpc) is 2.70. The van der Waals surface area contributed by atoms with Crippen molar-refractivity contribution in [2.24, 2.45) is 0 Å². The summed E-state index contributed by atoms with van der Waals surface area (Å²) in [6.07, 6.45) is 0. The standard InChI is InChI=1S/C15H21N3O3/c1-14(2,19)8-7-11(21-13(8)17)10-6-5-9(16)12(18-10)15(3,4)20/h5-7,19-20H,16-17H2,1-4H3. The number of hydrogen-bond acceptors (Lipinski definition) is 6. The van der Waals surface area contributed by atoms with Gasteiger partial charge in [-0.3, -0.25) is 0 Å². The largest absolute Gasteiger partial charge is 0.439 e. The third-order valence-electron chi connectivity index (χ3n) is 3.18. The predicted octanol–water partition coefficient (Wildman–Crippen LogP) is 1.96. The van der Waals surface area contributed by atoms with E-state index >= 15 is 0 Å². The number of pyridine rings is 1. The van der Waals surface area contributed by atoms with Crippen molar-refractivity contribution in [1.82, 2.24) is 4.98 Å². The first-order chi connectivity index (χ1) is 9.50. The molecule has 2 rings (SSSR count). The highest BCUT2D eigenvalue weighted by Crippen LogP contribution is 2.34. The van der Waals surface area contributed by atoms with Gasteiger partial charge in [0.15, 0.2) is 11.6 Å². The molecule has 0 aliphatic rings. The maximum atomic E-state index is 10.1. The van der Waals surface area contributed by atoms with Crippen molar-refractivity contribution in [3.63, 3.8) is 0 Å². The SMILES string of the molecule is CC(C)(O)c1cc(-c2ccc(N)c(C(C)(C)O)n2)oc1N. The molecule has 0 amide bonds. The minimum absolute atomic E-state index is 0.140. The van der Waals surface area contributed by atoms with E-state index in [9.17, 15) is 10.2 Å². The number of nitrogens with two attached hydrogens (primary N) is 2. The Bertz CT molecular complexity index is 664. The Labute approximate surface area is 123 Å². The van der Waals surface area contributed by atoms with Gasteiger partial charge < -0.3 is 26.1 Å². The Morgan fingerprint density at radius 2 is 1.67 bits per heavy atom. The van der Waals surface area contributed by atoms with Crippen molar-refractivity contribution < 1.29 is 14.6 Å². The number of furan rings is 1. The monoisotopic (exact) mass is 291 g/mol. The highest BCUT2D eigenvalue weighted by atomic mass is 16.4. The van der Waals surface area contributed by atoms with E-state index in [1.165, 1.54) is 0 Å². The Kier molecular flexibility index (Phi) is 3.47. The molecule has 0 spiro atoms. The van der Waals surface area contributed by atoms with Crippen LogP contribution in [0.5, 0.6) is 0 Å². The molecular formula is C15H21N3O3. The second-order valence-electron chi connectivity index (χ2n) is 6.14. The molecule has 114 valence electrons. The molecule has 2 aromatic heterocycles. The second kappa shape index (κ2) is 4.75. The molecule has 0 unspecified atom stereocenters. The molecule has 0 saturated heterocycles. The lowest BCUT2D eigenvalue weighted by molar-refractivity contribution is 0.0747. The van der Waals surface area contributed by atoms with Crippen LogP contribution in [0.3, 0.4) is 0 Å². The van der Waals surface area contributed by atoms with Gasteiger partial charge in [-0.1, -0.05) is 0 Å². The summed E-state index contributed by atoms with van der Waals surface area (Å²) in [6, 6.07) is 4.97. The fraction of sp³-hybridized carbons (Fsp3) is 0.400. The van der Waals surface area contributed by atoms with Crippen LogP contribution >= 0.6 is 0 Å². The minimum Gasteiger partial charge on any atom is -0.439 e. The van der Waals surface area contributed by atoms with Crippen molar-refractivity contribution in [2.75, 3.05) is 11.5 Å². The van der Waals surface area contributed by atoms with E-state index < -0.39 is 11.2 Å². The van der Waals surface area contributed by atoms with Gasteiger partial charge in [0.1, 0.15) is 11.3 Å². The number of rotatable bonds is 3. The number of hydrogen-bond donors (Lipinski definition) is 4. The van der Waals surface area contributed by atoms with E-state index in [0.717, 1.165) is 0 Å². The number of aromatic nitrogens is 1. The Hall–Kier alpha value is -2.05. The van der Waals surface area contributed by atoms with Crippen molar-refractivity contribution in [3.8, 4) is 11.5 Å². The summed E-state index contributed by atoms with van der Waals surface area (Å²) in [4.78, 5) is 4.34. The summed E-state index contributed by atoms with van der Waals surface area (Å²) in [5.74, 6) is 0.552. The van der Waals surface area contributed by atoms with Gasteiger partial charge in [0.2, 0.25) is 0 Å². The van der Waals surface area contributed by atoms with E-state index in [1.807, 2.05) is 0 Å². The predicted molar refractivity (Wildman–Crippen MR) is 81.3 cm³/mol. The van der Waals surface area contributed by atoms with E-state index in [4.69, 9.17) is 15.9 Å². The number of nitrogen functional groups attached to an aromatic ring is 2. The third kappa shape index (κ3) is 3.01. The van der Waals surface area contributed by atoms with Gasteiger partial charge in [0.25, 0.3) is 0 Å². The zero-order chi connectivity index (χ0) is 16.0. The van der Waals surface area contributed by atoms with E-state index in [0.29, 0.717) is 28.4 Å². The van der Waals surface area contributed by atoms with Crippen molar-refractivity contribution in [3.05, 3.63) is 29.5 Å². The summed E-state index contributed by atoms with van der Waals surface area (Å²) in [7, 11) is 0. The van der Waals surface area contributed by atoms with Crippen LogP contribution in [0.15, 0.2) is 22.6 Å². The smallest absolute Gasteiger partial charge is 0.197 e. The van der Waals surface area contributed by atoms with Crippen LogP contribution < -0.4 is 11.5 Å². The van der Waals surface area contributed by atoms with Gasteiger partial charge in [-0.05, 0) is 45.9 Å². The van der Waals surface area contributed by atoms with Crippen molar-refractivity contribution in [2.45, 2.75) is 38.9 Å². The molecule has 0 aliphatic heterocycles. The van der Waals surface area contributed by atoms with Crippen LogP contribution in [-0.2, 0) is 11.2 Å². The number of nitrogens with zero attached hydrogens (tertiary/aromatic N) is 1. The summed E-state index contributed by atoms with van der Waals surface area (Å²) < 4.78 is 5.47. The Balaban J connectivity index is 2.54. The van der Waals surface area contributed by atoms with Crippen LogP contribution in [-0.4, -0.2) is 15.2 Å². The Morgan fingerprint density at radius 1 is 1.05 bits per heavy atom. The molecule has 6 N–H and O–H groups in total. The molecule has 21 heavy (non-hydrogen) atoms. The van der Waals surface area contributed by atoms with Crippen LogP contribution in [0.25, 0.3) is 11.5 Å². The van der Waals surface area contributed by atoms with Gasteiger partial charge >= 0.3 is 0 Å². The first-order valence-corrected chi connectivity index (χ1v) is 6.62. The molecule has 0 saturated carbocycles. The van der Waals surface area contributed by atoms with E-state index in [2.05, 4.69) is 4.98 Å². The zero-order valence-electron chi connectivity index (χ0n) is 12.6. The van der Waals surface area contributed by atoms with Gasteiger partial charge in [-0.15, -0.1) is 0 Å². The fourth-order valence-corrected chi connectivity index (χ4v) is 2.11. The van der Waals surface area contributed by atoms with Gasteiger partial charge in [0.05, 0.1) is 17.0 Å². The normalized spacial score (nSPS) is 12.7. The lowest BCUT2D eigenvalue weighted by Crippen LogP contribution is -2.20. The summed E-state index contributed by atoms with van der Waals surface area (Å²) >= 11 is 0. The Morgan fingerprint density at radius 3 is 2.14 bits per heavy atom. The first-order valence-electron chi connectivity index (χ1n) is 6.62. The summed E-state index contributed by atoms with van der Waals surface area (Å²) in [5.41, 5.74) is 11.1. The minimum atomic E-state index is -1.17. The zero-order valence-corrected chi connectivity index (χ0v) is 12.6. The summed E-state index contributed by atoms with van der Waals surface area (Å²) in [5, 5.41) is 20.1. The lowest BCUT2D eigenvalue weighted by Gasteiger charge is -2.19. The first kappa shape index (κ1) is 15.3. The second-order valence-corrected chi connectivity index (χ2v) is 6.14. The highest BCUT2D eigenvalue weighted by molar-refractivity contribution is 5.62. The van der Waals surface area contributed by atoms with Crippen molar-refractivity contribution >= 4 is 11.6 Å². The molecular weight excluding hydrogens is 270 g/mol. The molecule has 0 fully saturated rings. The van der Waals surface area contributed by atoms with E-state index in [-0.39, 0.29) is 5.88 Å². The average molecular weight is 291 g/mol. The lowest BCUT2D eigenvalue weighted by atomic mass is 10.00. The summed E-state index contributed by atoms with van der Waals surface area (Å²) in [6.45, 7) is 6.45. The van der Waals surface area contributed by atoms with Crippen molar-refractivity contribution in [1.29, 1.82) is 0 Å². The van der Waals surface area contributed by atoms with Crippen LogP contribution in [0.1, 0.15) is 39.0 Å². The molecule has 0 atom stereocenters. The van der Waals surface area contributed by atoms with Gasteiger partial charge in [-0.25, -0.2) is 4.98 Å². The topological polar surface area (TPSA) is 119 Å². The maximum absolute atomic E-state index is 10.1. The fourth-order valence-electron chi connectivity index (χ4n) is 2.11.